The lowest BCUT2D eigenvalue weighted by Gasteiger charge is -2.20. The molecule has 0 aromatic heterocycles. The molecule has 19 heavy (non-hydrogen) atoms. The number of rotatable bonds is 0. The summed E-state index contributed by atoms with van der Waals surface area (Å²) in [6.45, 7) is 9.52. The largest absolute Gasteiger partial charge is 0.388 e. The molecule has 0 fully saturated rings. The lowest BCUT2D eigenvalue weighted by molar-refractivity contribution is -0.124. The Balaban J connectivity index is 0.000000324. The molecule has 0 saturated carbocycles. The highest BCUT2D eigenvalue weighted by atomic mass is 16.3. The molecule has 0 saturated heterocycles. The van der Waals surface area contributed by atoms with Gasteiger partial charge in [-0.15, -0.1) is 0 Å². The summed E-state index contributed by atoms with van der Waals surface area (Å²) in [5.41, 5.74) is -0.722. The van der Waals surface area contributed by atoms with E-state index in [0.717, 1.165) is 0 Å². The molecule has 0 aliphatic heterocycles. The molecule has 2 unspecified atom stereocenters. The third-order valence-electron chi connectivity index (χ3n) is 4.11. The molecule has 0 aromatic rings. The zero-order valence-corrected chi connectivity index (χ0v) is 11.7. The van der Waals surface area contributed by atoms with E-state index in [1.165, 1.54) is 12.2 Å². The van der Waals surface area contributed by atoms with Crippen LogP contribution in [0.1, 0.15) is 42.0 Å². The zero-order valence-electron chi connectivity index (χ0n) is 11.7. The minimum atomic E-state index is -0.593. The molecular weight excluding hydrogens is 240 g/mol. The molecule has 3 heteroatoms. The monoisotopic (exact) mass is 266 g/mol. The normalized spacial score (nSPS) is 29.8. The van der Waals surface area contributed by atoms with Crippen LogP contribution in [-0.4, -0.2) is 22.8 Å². The molecule has 1 N–H and O–H groups in total. The maximum absolute atomic E-state index is 11.0. The van der Waals surface area contributed by atoms with Crippen molar-refractivity contribution in [3.05, 3.63) is 24.3 Å². The Labute approximate surface area is 116 Å². The average Bonchev–Trinajstić information content (AvgIpc) is 2.65. The first-order valence-corrected chi connectivity index (χ1v) is 6.23. The van der Waals surface area contributed by atoms with Crippen molar-refractivity contribution in [1.29, 1.82) is 0 Å². The van der Waals surface area contributed by atoms with Gasteiger partial charge in [-0.2, -0.15) is 0 Å². The third-order valence-corrected chi connectivity index (χ3v) is 4.11. The SMILES string of the molecule is C.CC1(C)C(=O)C=CC1O.CC1C=CC(=O)C1(C)C. The Morgan fingerprint density at radius 3 is 1.47 bits per heavy atom. The number of carbonyl (C=O) groups excluding carboxylic acids is 2. The van der Waals surface area contributed by atoms with Gasteiger partial charge in [-0.3, -0.25) is 9.59 Å². The zero-order chi connectivity index (χ0) is 14.1. The Bertz CT molecular complexity index is 374. The number of aliphatic hydroxyl groups is 1. The van der Waals surface area contributed by atoms with Crippen molar-refractivity contribution >= 4 is 11.6 Å². The molecule has 2 rings (SSSR count). The standard InChI is InChI=1S/C8H12O.C7H10O2.CH4/c1-6-4-5-7(9)8(6,2)3;1-7(2)5(8)3-4-6(7)9;/h4-6H,1-3H3;3-5,8H,1-2H3;1H4. The number of hydrogen-bond donors (Lipinski definition) is 1. The summed E-state index contributed by atoms with van der Waals surface area (Å²) in [5, 5.41) is 9.12. The van der Waals surface area contributed by atoms with Crippen LogP contribution in [0.25, 0.3) is 0 Å². The summed E-state index contributed by atoms with van der Waals surface area (Å²) in [6, 6.07) is 0. The second kappa shape index (κ2) is 5.83. The van der Waals surface area contributed by atoms with Crippen LogP contribution >= 0.6 is 0 Å². The van der Waals surface area contributed by atoms with Gasteiger partial charge in [0.1, 0.15) is 0 Å². The van der Waals surface area contributed by atoms with Crippen LogP contribution in [0.4, 0.5) is 0 Å². The molecule has 2 aliphatic carbocycles. The highest BCUT2D eigenvalue weighted by Gasteiger charge is 2.36. The smallest absolute Gasteiger partial charge is 0.163 e. The number of carbonyl (C=O) groups is 2. The van der Waals surface area contributed by atoms with Crippen molar-refractivity contribution in [2.45, 2.75) is 48.1 Å². The van der Waals surface area contributed by atoms with Gasteiger partial charge >= 0.3 is 0 Å². The molecule has 0 radical (unpaired) electrons. The minimum absolute atomic E-state index is 0. The van der Waals surface area contributed by atoms with Gasteiger partial charge in [0.2, 0.25) is 0 Å². The maximum Gasteiger partial charge on any atom is 0.163 e. The van der Waals surface area contributed by atoms with E-state index in [9.17, 15) is 9.59 Å². The van der Waals surface area contributed by atoms with E-state index in [1.807, 2.05) is 19.9 Å². The molecule has 0 amide bonds. The fourth-order valence-corrected chi connectivity index (χ4v) is 1.69. The van der Waals surface area contributed by atoms with Crippen molar-refractivity contribution < 1.29 is 14.7 Å². The van der Waals surface area contributed by atoms with E-state index < -0.39 is 11.5 Å². The molecule has 0 bridgehead atoms. The number of aliphatic hydroxyl groups excluding tert-OH is 1. The third kappa shape index (κ3) is 3.41. The summed E-state index contributed by atoms with van der Waals surface area (Å²) >= 11 is 0. The Kier molecular flexibility index (Phi) is 5.45. The van der Waals surface area contributed by atoms with Crippen LogP contribution in [0, 0.1) is 16.7 Å². The molecule has 3 nitrogen and oxygen atoms in total. The topological polar surface area (TPSA) is 54.4 Å². The first-order chi connectivity index (χ1) is 8.10. The van der Waals surface area contributed by atoms with E-state index in [-0.39, 0.29) is 24.4 Å². The number of ketones is 2. The van der Waals surface area contributed by atoms with Crippen molar-refractivity contribution in [1.82, 2.24) is 0 Å². The maximum atomic E-state index is 11.0. The summed E-state index contributed by atoms with van der Waals surface area (Å²) in [6.07, 6.45) is 6.03. The van der Waals surface area contributed by atoms with E-state index >= 15 is 0 Å². The Morgan fingerprint density at radius 2 is 1.37 bits per heavy atom. The molecule has 2 aliphatic rings. The highest BCUT2D eigenvalue weighted by Crippen LogP contribution is 2.33. The van der Waals surface area contributed by atoms with Gasteiger partial charge in [0, 0.05) is 5.41 Å². The van der Waals surface area contributed by atoms with E-state index in [0.29, 0.717) is 5.92 Å². The van der Waals surface area contributed by atoms with Crippen LogP contribution in [0.15, 0.2) is 24.3 Å². The Morgan fingerprint density at radius 1 is 0.947 bits per heavy atom. The van der Waals surface area contributed by atoms with E-state index in [2.05, 4.69) is 6.92 Å². The van der Waals surface area contributed by atoms with E-state index in [4.69, 9.17) is 5.11 Å². The second-order valence-corrected chi connectivity index (χ2v) is 6.12. The summed E-state index contributed by atoms with van der Waals surface area (Å²) < 4.78 is 0. The van der Waals surface area contributed by atoms with Crippen molar-refractivity contribution in [2.24, 2.45) is 16.7 Å². The van der Waals surface area contributed by atoms with Crippen molar-refractivity contribution in [3.63, 3.8) is 0 Å². The Hall–Kier alpha value is -1.22. The molecule has 108 valence electrons. The van der Waals surface area contributed by atoms with Gasteiger partial charge < -0.3 is 5.11 Å². The predicted molar refractivity (Wildman–Crippen MR) is 77.8 cm³/mol. The highest BCUT2D eigenvalue weighted by molar-refractivity contribution is 5.97. The summed E-state index contributed by atoms with van der Waals surface area (Å²) in [4.78, 5) is 21.9. The lowest BCUT2D eigenvalue weighted by Crippen LogP contribution is -2.29. The average molecular weight is 266 g/mol. The number of allylic oxidation sites excluding steroid dienone is 3. The van der Waals surface area contributed by atoms with Gasteiger partial charge in [0.15, 0.2) is 11.6 Å². The fourth-order valence-electron chi connectivity index (χ4n) is 1.69. The van der Waals surface area contributed by atoms with Gasteiger partial charge in [-0.25, -0.2) is 0 Å². The summed E-state index contributed by atoms with van der Waals surface area (Å²) in [5.74, 6) is 0.676. The molecular formula is C16H26O3. The van der Waals surface area contributed by atoms with Gasteiger partial charge in [0.25, 0.3) is 0 Å². The van der Waals surface area contributed by atoms with Gasteiger partial charge in [0.05, 0.1) is 11.5 Å². The molecule has 2 atom stereocenters. The van der Waals surface area contributed by atoms with Crippen LogP contribution in [0.5, 0.6) is 0 Å². The summed E-state index contributed by atoms with van der Waals surface area (Å²) in [7, 11) is 0. The molecule has 0 heterocycles. The minimum Gasteiger partial charge on any atom is -0.388 e. The van der Waals surface area contributed by atoms with Gasteiger partial charge in [-0.1, -0.05) is 40.3 Å². The van der Waals surface area contributed by atoms with Crippen LogP contribution in [0.3, 0.4) is 0 Å². The van der Waals surface area contributed by atoms with E-state index in [1.54, 1.807) is 19.9 Å². The van der Waals surface area contributed by atoms with Gasteiger partial charge in [-0.05, 0) is 31.9 Å². The molecule has 0 aromatic carbocycles. The number of hydrogen-bond acceptors (Lipinski definition) is 3. The van der Waals surface area contributed by atoms with Crippen LogP contribution in [0.2, 0.25) is 0 Å². The van der Waals surface area contributed by atoms with Crippen molar-refractivity contribution in [2.75, 3.05) is 0 Å². The fraction of sp³-hybridized carbons (Fsp3) is 0.625. The van der Waals surface area contributed by atoms with Crippen LogP contribution in [-0.2, 0) is 9.59 Å². The predicted octanol–water partition coefficient (Wildman–Crippen LogP) is 2.94. The van der Waals surface area contributed by atoms with Crippen LogP contribution < -0.4 is 0 Å². The first kappa shape index (κ1) is 17.8. The second-order valence-electron chi connectivity index (χ2n) is 6.12. The quantitative estimate of drug-likeness (QED) is 0.733. The first-order valence-electron chi connectivity index (χ1n) is 6.23. The van der Waals surface area contributed by atoms with Crippen molar-refractivity contribution in [3.8, 4) is 0 Å². The molecule has 0 spiro atoms. The lowest BCUT2D eigenvalue weighted by atomic mass is 9.82.